The fraction of sp³-hybridized carbons (Fsp3) is 0.438. The fourth-order valence-electron chi connectivity index (χ4n) is 2.89. The van der Waals surface area contributed by atoms with Crippen molar-refractivity contribution in [1.29, 1.82) is 0 Å². The Labute approximate surface area is 143 Å². The van der Waals surface area contributed by atoms with Crippen molar-refractivity contribution in [2.45, 2.75) is 25.3 Å². The molecule has 0 aliphatic carbocycles. The van der Waals surface area contributed by atoms with Crippen LogP contribution in [0.15, 0.2) is 36.9 Å². The largest absolute Gasteiger partial charge is 0.349 e. The quantitative estimate of drug-likeness (QED) is 0.848. The summed E-state index contributed by atoms with van der Waals surface area (Å²) in [6, 6.07) is 5.11. The second-order valence-electron chi connectivity index (χ2n) is 5.93. The molecule has 0 N–H and O–H groups in total. The Morgan fingerprint density at radius 1 is 1.25 bits per heavy atom. The van der Waals surface area contributed by atoms with Crippen LogP contribution in [0, 0.1) is 5.92 Å². The second-order valence-corrected chi connectivity index (χ2v) is 6.37. The summed E-state index contributed by atoms with van der Waals surface area (Å²) in [6.07, 6.45) is 4.43. The number of hydrogen-bond donors (Lipinski definition) is 0. The van der Waals surface area contributed by atoms with Crippen molar-refractivity contribution >= 4 is 17.5 Å². The van der Waals surface area contributed by atoms with Gasteiger partial charge in [-0.2, -0.15) is 13.9 Å². The summed E-state index contributed by atoms with van der Waals surface area (Å²) in [4.78, 5) is 17.4. The lowest BCUT2D eigenvalue weighted by molar-refractivity contribution is -0.160. The van der Waals surface area contributed by atoms with Gasteiger partial charge in [0.15, 0.2) is 0 Å². The van der Waals surface area contributed by atoms with E-state index in [4.69, 9.17) is 11.6 Å². The average Bonchev–Trinajstić information content (AvgIpc) is 3.08. The highest BCUT2D eigenvalue weighted by molar-refractivity contribution is 6.30. The van der Waals surface area contributed by atoms with Crippen LogP contribution in [-0.2, 0) is 17.3 Å². The second kappa shape index (κ2) is 6.84. The molecule has 128 valence electrons. The number of nitrogens with zero attached hydrogens (tertiary/aromatic N) is 4. The fourth-order valence-corrected chi connectivity index (χ4v) is 3.02. The van der Waals surface area contributed by atoms with Crippen LogP contribution in [0.1, 0.15) is 18.4 Å². The third kappa shape index (κ3) is 3.56. The van der Waals surface area contributed by atoms with Crippen molar-refractivity contribution in [2.75, 3.05) is 13.1 Å². The smallest absolute Gasteiger partial charge is 0.337 e. The van der Waals surface area contributed by atoms with Crippen LogP contribution in [0.4, 0.5) is 8.78 Å². The lowest BCUT2D eigenvalue weighted by Crippen LogP contribution is -2.46. The highest BCUT2D eigenvalue weighted by Crippen LogP contribution is 2.32. The highest BCUT2D eigenvalue weighted by Gasteiger charge is 2.44. The minimum absolute atomic E-state index is 0.305. The van der Waals surface area contributed by atoms with Gasteiger partial charge >= 0.3 is 5.92 Å². The van der Waals surface area contributed by atoms with Crippen LogP contribution in [0.25, 0.3) is 0 Å². The van der Waals surface area contributed by atoms with Crippen molar-refractivity contribution in [3.63, 3.8) is 0 Å². The third-order valence-corrected chi connectivity index (χ3v) is 4.54. The average molecular weight is 355 g/mol. The Hall–Kier alpha value is -2.02. The molecular weight excluding hydrogens is 338 g/mol. The van der Waals surface area contributed by atoms with Crippen molar-refractivity contribution in [1.82, 2.24) is 19.7 Å². The molecule has 1 saturated heterocycles. The molecule has 1 aliphatic heterocycles. The maximum atomic E-state index is 14.4. The minimum atomic E-state index is -3.54. The summed E-state index contributed by atoms with van der Waals surface area (Å²) in [7, 11) is 0. The van der Waals surface area contributed by atoms with Gasteiger partial charge in [-0.1, -0.05) is 23.7 Å². The number of benzene rings is 1. The number of carbonyl (C=O) groups excluding carboxylic acids is 1. The van der Waals surface area contributed by atoms with E-state index >= 15 is 0 Å². The van der Waals surface area contributed by atoms with Crippen molar-refractivity contribution < 1.29 is 13.6 Å². The molecule has 1 aromatic carbocycles. The van der Waals surface area contributed by atoms with Gasteiger partial charge in [-0.25, -0.2) is 4.98 Å². The first-order valence-corrected chi connectivity index (χ1v) is 8.10. The molecule has 1 amide bonds. The van der Waals surface area contributed by atoms with Crippen LogP contribution in [0.2, 0.25) is 5.02 Å². The normalized spacial score (nSPS) is 16.4. The molecule has 1 aromatic heterocycles. The van der Waals surface area contributed by atoms with E-state index in [0.29, 0.717) is 43.4 Å². The number of piperidine rings is 1. The molecule has 0 bridgehead atoms. The molecule has 3 rings (SSSR count). The van der Waals surface area contributed by atoms with Crippen molar-refractivity contribution in [2.24, 2.45) is 5.92 Å². The number of rotatable bonds is 4. The number of aromatic nitrogens is 3. The summed E-state index contributed by atoms with van der Waals surface area (Å²) in [5.41, 5.74) is -0.332. The van der Waals surface area contributed by atoms with Crippen molar-refractivity contribution in [3.05, 3.63) is 47.5 Å². The zero-order valence-corrected chi connectivity index (χ0v) is 13.7. The van der Waals surface area contributed by atoms with Gasteiger partial charge in [0.25, 0.3) is 5.91 Å². The molecule has 1 aliphatic rings. The summed E-state index contributed by atoms with van der Waals surface area (Å²) in [5.74, 6) is -4.38. The standard InChI is InChI=1S/C16H17ClF2N4O/c17-14-3-1-13(2-4-14)16(18,19)15(24)22-7-5-12(6-8-22)9-23-11-20-10-21-23/h1-4,10-12H,5-9H2. The molecule has 24 heavy (non-hydrogen) atoms. The van der Waals surface area contributed by atoms with Gasteiger partial charge in [0, 0.05) is 30.2 Å². The summed E-state index contributed by atoms with van der Waals surface area (Å²) < 4.78 is 30.5. The van der Waals surface area contributed by atoms with Gasteiger partial charge in [0.05, 0.1) is 0 Å². The van der Waals surface area contributed by atoms with Crippen LogP contribution in [0.3, 0.4) is 0 Å². The summed E-state index contributed by atoms with van der Waals surface area (Å²) in [5, 5.41) is 4.40. The zero-order chi connectivity index (χ0) is 17.2. The van der Waals surface area contributed by atoms with E-state index in [-0.39, 0.29) is 5.56 Å². The van der Waals surface area contributed by atoms with Gasteiger partial charge in [-0.15, -0.1) is 0 Å². The van der Waals surface area contributed by atoms with Crippen molar-refractivity contribution in [3.8, 4) is 0 Å². The van der Waals surface area contributed by atoms with E-state index in [0.717, 1.165) is 0 Å². The molecule has 8 heteroatoms. The predicted octanol–water partition coefficient (Wildman–Crippen LogP) is 2.96. The van der Waals surface area contributed by atoms with E-state index in [1.54, 1.807) is 11.0 Å². The van der Waals surface area contributed by atoms with Crippen LogP contribution < -0.4 is 0 Å². The Bertz CT molecular complexity index is 683. The first kappa shape index (κ1) is 16.8. The number of halogens is 3. The van der Waals surface area contributed by atoms with Crippen LogP contribution >= 0.6 is 11.6 Å². The van der Waals surface area contributed by atoms with E-state index in [9.17, 15) is 13.6 Å². The first-order chi connectivity index (χ1) is 11.5. The van der Waals surface area contributed by atoms with Gasteiger partial charge in [0.1, 0.15) is 12.7 Å². The highest BCUT2D eigenvalue weighted by atomic mass is 35.5. The zero-order valence-electron chi connectivity index (χ0n) is 12.9. The lowest BCUT2D eigenvalue weighted by Gasteiger charge is -2.34. The van der Waals surface area contributed by atoms with E-state index in [1.807, 2.05) is 0 Å². The molecule has 2 heterocycles. The predicted molar refractivity (Wildman–Crippen MR) is 84.7 cm³/mol. The van der Waals surface area contributed by atoms with E-state index < -0.39 is 11.8 Å². The summed E-state index contributed by atoms with van der Waals surface area (Å²) >= 11 is 5.71. The molecule has 5 nitrogen and oxygen atoms in total. The van der Waals surface area contributed by atoms with Gasteiger partial charge in [-0.05, 0) is 30.9 Å². The Morgan fingerprint density at radius 2 is 1.92 bits per heavy atom. The molecule has 0 saturated carbocycles. The number of alkyl halides is 2. The van der Waals surface area contributed by atoms with E-state index in [2.05, 4.69) is 10.1 Å². The molecule has 1 fully saturated rings. The SMILES string of the molecule is O=C(N1CCC(Cn2cncn2)CC1)C(F)(F)c1ccc(Cl)cc1. The van der Waals surface area contributed by atoms with Crippen LogP contribution in [0.5, 0.6) is 0 Å². The van der Waals surface area contributed by atoms with Gasteiger partial charge in [-0.3, -0.25) is 9.48 Å². The Balaban J connectivity index is 1.60. The molecular formula is C16H17ClF2N4O. The number of carbonyl (C=O) groups is 1. The minimum Gasteiger partial charge on any atom is -0.337 e. The molecule has 0 radical (unpaired) electrons. The molecule has 0 spiro atoms. The maximum absolute atomic E-state index is 14.4. The molecule has 0 atom stereocenters. The number of amides is 1. The molecule has 0 unspecified atom stereocenters. The van der Waals surface area contributed by atoms with Gasteiger partial charge < -0.3 is 4.90 Å². The lowest BCUT2D eigenvalue weighted by atomic mass is 9.96. The monoisotopic (exact) mass is 354 g/mol. The van der Waals surface area contributed by atoms with Crippen LogP contribution in [-0.4, -0.2) is 38.7 Å². The topological polar surface area (TPSA) is 51.0 Å². The van der Waals surface area contributed by atoms with Gasteiger partial charge in [0.2, 0.25) is 0 Å². The van der Waals surface area contributed by atoms with E-state index in [1.165, 1.54) is 35.5 Å². The number of hydrogen-bond acceptors (Lipinski definition) is 3. The Kier molecular flexibility index (Phi) is 4.80. The molecule has 2 aromatic rings. The third-order valence-electron chi connectivity index (χ3n) is 4.29. The summed E-state index contributed by atoms with van der Waals surface area (Å²) in [6.45, 7) is 1.33. The number of likely N-dealkylation sites (tertiary alicyclic amines) is 1. The Morgan fingerprint density at radius 3 is 2.50 bits per heavy atom. The first-order valence-electron chi connectivity index (χ1n) is 7.72. The maximum Gasteiger partial charge on any atom is 0.349 e.